The zero-order valence-electron chi connectivity index (χ0n) is 14.3. The van der Waals surface area contributed by atoms with Crippen LogP contribution in [-0.4, -0.2) is 29.2 Å². The second kappa shape index (κ2) is 7.17. The van der Waals surface area contributed by atoms with Gasteiger partial charge in [0, 0.05) is 14.7 Å². The summed E-state index contributed by atoms with van der Waals surface area (Å²) in [4.78, 5) is 9.07. The maximum absolute atomic E-state index is 5.97. The Bertz CT molecular complexity index is 827. The number of ether oxygens (including phenoxy) is 1. The fourth-order valence-corrected chi connectivity index (χ4v) is 3.56. The third-order valence-corrected chi connectivity index (χ3v) is 5.94. The average Bonchev–Trinajstić information content (AvgIpc) is 2.89. The predicted octanol–water partition coefficient (Wildman–Crippen LogP) is 5.17. The van der Waals surface area contributed by atoms with Crippen molar-refractivity contribution in [2.45, 2.75) is 32.4 Å². The molecule has 0 fully saturated rings. The van der Waals surface area contributed by atoms with E-state index in [9.17, 15) is 0 Å². The van der Waals surface area contributed by atoms with E-state index in [-0.39, 0.29) is 0 Å². The molecule has 0 atom stereocenters. The van der Waals surface area contributed by atoms with Crippen molar-refractivity contribution in [2.24, 2.45) is 0 Å². The summed E-state index contributed by atoms with van der Waals surface area (Å²) < 4.78 is 8.82. The standard InChI is InChI=1S/C18H22BrN3OSi/c1-24(2,3)10-9-23-13-22-16(14-7-5-4-6-8-14)11-15-18(22)20-12-17(19)21-15/h4-8,11-12H,9-10,13H2,1-3H3. The quantitative estimate of drug-likeness (QED) is 0.420. The maximum atomic E-state index is 5.97. The Morgan fingerprint density at radius 1 is 1.17 bits per heavy atom. The van der Waals surface area contributed by atoms with Gasteiger partial charge in [-0.2, -0.15) is 0 Å². The Morgan fingerprint density at radius 2 is 1.92 bits per heavy atom. The average molecular weight is 404 g/mol. The largest absolute Gasteiger partial charge is 0.361 e. The van der Waals surface area contributed by atoms with Gasteiger partial charge >= 0.3 is 0 Å². The van der Waals surface area contributed by atoms with Crippen LogP contribution in [0.1, 0.15) is 0 Å². The summed E-state index contributed by atoms with van der Waals surface area (Å²) in [5.74, 6) is 0. The normalized spacial score (nSPS) is 12.0. The Hall–Kier alpha value is -1.50. The van der Waals surface area contributed by atoms with Gasteiger partial charge < -0.3 is 4.74 Å². The molecule has 3 aromatic rings. The number of fused-ring (bicyclic) bond motifs is 1. The third-order valence-electron chi connectivity index (χ3n) is 3.86. The van der Waals surface area contributed by atoms with E-state index in [2.05, 4.69) is 68.3 Å². The summed E-state index contributed by atoms with van der Waals surface area (Å²) in [5.41, 5.74) is 3.95. The van der Waals surface area contributed by atoms with Crippen molar-refractivity contribution in [3.05, 3.63) is 47.2 Å². The minimum absolute atomic E-state index is 0.495. The van der Waals surface area contributed by atoms with Gasteiger partial charge in [0.25, 0.3) is 0 Å². The molecule has 0 bridgehead atoms. The smallest absolute Gasteiger partial charge is 0.161 e. The molecule has 0 saturated carbocycles. The number of benzene rings is 1. The SMILES string of the molecule is C[Si](C)(C)CCOCn1c(-c2ccccc2)cc2nc(Br)cnc21. The lowest BCUT2D eigenvalue weighted by Crippen LogP contribution is -2.22. The molecular weight excluding hydrogens is 382 g/mol. The molecular formula is C18H22BrN3OSi. The summed E-state index contributed by atoms with van der Waals surface area (Å²) >= 11 is 3.40. The van der Waals surface area contributed by atoms with Crippen LogP contribution < -0.4 is 0 Å². The van der Waals surface area contributed by atoms with Crippen LogP contribution in [0.4, 0.5) is 0 Å². The summed E-state index contributed by atoms with van der Waals surface area (Å²) in [6.45, 7) is 8.36. The first-order valence-corrected chi connectivity index (χ1v) is 12.6. The molecule has 1 aromatic carbocycles. The second-order valence-corrected chi connectivity index (χ2v) is 13.5. The summed E-state index contributed by atoms with van der Waals surface area (Å²) in [6, 6.07) is 13.5. The number of rotatable bonds is 6. The first-order valence-electron chi connectivity index (χ1n) is 8.09. The van der Waals surface area contributed by atoms with Crippen molar-refractivity contribution >= 4 is 35.2 Å². The van der Waals surface area contributed by atoms with E-state index in [1.165, 1.54) is 0 Å². The number of hydrogen-bond acceptors (Lipinski definition) is 3. The first kappa shape index (κ1) is 17.3. The molecule has 0 radical (unpaired) electrons. The van der Waals surface area contributed by atoms with E-state index in [0.717, 1.165) is 39.7 Å². The third kappa shape index (κ3) is 4.12. The Balaban J connectivity index is 1.92. The molecule has 0 saturated heterocycles. The van der Waals surface area contributed by atoms with Gasteiger partial charge in [0.2, 0.25) is 0 Å². The highest BCUT2D eigenvalue weighted by Crippen LogP contribution is 2.27. The fraction of sp³-hybridized carbons (Fsp3) is 0.333. The predicted molar refractivity (Wildman–Crippen MR) is 105 cm³/mol. The molecule has 0 aliphatic carbocycles. The molecule has 0 unspecified atom stereocenters. The Morgan fingerprint density at radius 3 is 2.62 bits per heavy atom. The van der Waals surface area contributed by atoms with Gasteiger partial charge in [0.05, 0.1) is 11.9 Å². The monoisotopic (exact) mass is 403 g/mol. The van der Waals surface area contributed by atoms with Crippen molar-refractivity contribution in [1.29, 1.82) is 0 Å². The van der Waals surface area contributed by atoms with E-state index in [1.807, 2.05) is 18.2 Å². The van der Waals surface area contributed by atoms with E-state index >= 15 is 0 Å². The van der Waals surface area contributed by atoms with Gasteiger partial charge in [-0.3, -0.25) is 4.57 Å². The molecule has 2 aromatic heterocycles. The van der Waals surface area contributed by atoms with Gasteiger partial charge in [-0.15, -0.1) is 0 Å². The van der Waals surface area contributed by atoms with E-state index in [0.29, 0.717) is 6.73 Å². The Kier molecular flexibility index (Phi) is 5.17. The zero-order chi connectivity index (χ0) is 17.2. The van der Waals surface area contributed by atoms with Crippen LogP contribution in [0.2, 0.25) is 25.7 Å². The molecule has 6 heteroatoms. The van der Waals surface area contributed by atoms with Gasteiger partial charge in [-0.05, 0) is 33.6 Å². The minimum Gasteiger partial charge on any atom is -0.361 e. The molecule has 0 amide bonds. The van der Waals surface area contributed by atoms with E-state index < -0.39 is 8.07 Å². The van der Waals surface area contributed by atoms with Gasteiger partial charge in [-0.25, -0.2) is 9.97 Å². The second-order valence-electron chi connectivity index (χ2n) is 7.07. The van der Waals surface area contributed by atoms with Crippen molar-refractivity contribution < 1.29 is 4.74 Å². The van der Waals surface area contributed by atoms with Crippen molar-refractivity contribution in [3.8, 4) is 11.3 Å². The topological polar surface area (TPSA) is 39.9 Å². The lowest BCUT2D eigenvalue weighted by atomic mass is 10.1. The van der Waals surface area contributed by atoms with Crippen LogP contribution in [0.15, 0.2) is 47.2 Å². The fourth-order valence-electron chi connectivity index (χ4n) is 2.51. The van der Waals surface area contributed by atoms with Crippen molar-refractivity contribution in [2.75, 3.05) is 6.61 Å². The highest BCUT2D eigenvalue weighted by Gasteiger charge is 2.15. The molecule has 126 valence electrons. The molecule has 0 aliphatic heterocycles. The van der Waals surface area contributed by atoms with Crippen LogP contribution in [0.5, 0.6) is 0 Å². The highest BCUT2D eigenvalue weighted by atomic mass is 79.9. The first-order chi connectivity index (χ1) is 11.4. The molecule has 0 spiro atoms. The van der Waals surface area contributed by atoms with E-state index in [1.54, 1.807) is 6.20 Å². The maximum Gasteiger partial charge on any atom is 0.161 e. The van der Waals surface area contributed by atoms with Crippen LogP contribution in [0, 0.1) is 0 Å². The number of halogens is 1. The van der Waals surface area contributed by atoms with E-state index in [4.69, 9.17) is 4.74 Å². The number of nitrogens with zero attached hydrogens (tertiary/aromatic N) is 3. The van der Waals surface area contributed by atoms with Crippen molar-refractivity contribution in [3.63, 3.8) is 0 Å². The van der Waals surface area contributed by atoms with Gasteiger partial charge in [0.15, 0.2) is 5.65 Å². The number of hydrogen-bond donors (Lipinski definition) is 0. The highest BCUT2D eigenvalue weighted by molar-refractivity contribution is 9.10. The minimum atomic E-state index is -1.09. The van der Waals surface area contributed by atoms with Crippen molar-refractivity contribution in [1.82, 2.24) is 14.5 Å². The van der Waals surface area contributed by atoms with Crippen LogP contribution in [-0.2, 0) is 11.5 Å². The molecule has 4 nitrogen and oxygen atoms in total. The van der Waals surface area contributed by atoms with Crippen LogP contribution >= 0.6 is 15.9 Å². The Labute approximate surface area is 152 Å². The molecule has 24 heavy (non-hydrogen) atoms. The molecule has 3 rings (SSSR count). The molecule has 2 heterocycles. The lowest BCUT2D eigenvalue weighted by molar-refractivity contribution is 0.0909. The molecule has 0 N–H and O–H groups in total. The summed E-state index contributed by atoms with van der Waals surface area (Å²) in [6.07, 6.45) is 1.73. The zero-order valence-corrected chi connectivity index (χ0v) is 16.9. The van der Waals surface area contributed by atoms with Gasteiger partial charge in [-0.1, -0.05) is 50.0 Å². The lowest BCUT2D eigenvalue weighted by Gasteiger charge is -2.16. The summed E-state index contributed by atoms with van der Waals surface area (Å²) in [7, 11) is -1.09. The number of aromatic nitrogens is 3. The van der Waals surface area contributed by atoms with Crippen LogP contribution in [0.3, 0.4) is 0 Å². The summed E-state index contributed by atoms with van der Waals surface area (Å²) in [5, 5.41) is 0. The van der Waals surface area contributed by atoms with Gasteiger partial charge in [0.1, 0.15) is 16.9 Å². The van der Waals surface area contributed by atoms with Crippen LogP contribution in [0.25, 0.3) is 22.4 Å². The molecule has 0 aliphatic rings.